The first kappa shape index (κ1) is 12.9. The van der Waals surface area contributed by atoms with E-state index in [9.17, 15) is 12.8 Å². The number of nitrogens with zero attached hydrogens (tertiary/aromatic N) is 1. The summed E-state index contributed by atoms with van der Waals surface area (Å²) >= 11 is 0. The zero-order valence-corrected chi connectivity index (χ0v) is 9.80. The van der Waals surface area contributed by atoms with Crippen molar-refractivity contribution in [1.29, 1.82) is 0 Å². The Hall–Kier alpha value is -0.200. The monoisotopic (exact) mass is 239 g/mol. The van der Waals surface area contributed by atoms with Crippen LogP contribution < -0.4 is 0 Å². The molecule has 0 N–H and O–H groups in total. The average Bonchev–Trinajstić information content (AvgIpc) is 2.14. The molecule has 0 amide bonds. The summed E-state index contributed by atoms with van der Waals surface area (Å²) in [6.45, 7) is 2.52. The van der Waals surface area contributed by atoms with Crippen LogP contribution in [0.2, 0.25) is 0 Å². The van der Waals surface area contributed by atoms with Crippen LogP contribution in [0.4, 0.5) is 4.39 Å². The quantitative estimate of drug-likeness (QED) is 0.525. The second-order valence-electron chi connectivity index (χ2n) is 3.90. The molecule has 0 aromatic carbocycles. The largest absolute Gasteiger partial charge is 0.303 e. The van der Waals surface area contributed by atoms with Gasteiger partial charge in [0.05, 0.1) is 12.9 Å². The Morgan fingerprint density at radius 1 is 1.40 bits per heavy atom. The molecule has 0 saturated carbocycles. The van der Waals surface area contributed by atoms with Crippen molar-refractivity contribution in [2.45, 2.75) is 25.4 Å². The molecule has 0 aromatic rings. The van der Waals surface area contributed by atoms with E-state index in [1.165, 1.54) is 0 Å². The van der Waals surface area contributed by atoms with Gasteiger partial charge in [0.25, 0.3) is 10.1 Å². The molecule has 6 heteroatoms. The van der Waals surface area contributed by atoms with Gasteiger partial charge in [0.1, 0.15) is 6.17 Å². The third-order valence-corrected chi connectivity index (χ3v) is 3.03. The van der Waals surface area contributed by atoms with Crippen LogP contribution in [0.5, 0.6) is 0 Å². The van der Waals surface area contributed by atoms with E-state index in [0.717, 1.165) is 25.9 Å². The van der Waals surface area contributed by atoms with E-state index in [-0.39, 0.29) is 6.61 Å². The minimum atomic E-state index is -3.31. The normalized spacial score (nSPS) is 20.7. The molecule has 1 aliphatic rings. The molecule has 0 atom stereocenters. The molecule has 0 unspecified atom stereocenters. The highest BCUT2D eigenvalue weighted by molar-refractivity contribution is 7.85. The lowest BCUT2D eigenvalue weighted by atomic mass is 10.1. The number of rotatable bonds is 5. The first-order valence-electron chi connectivity index (χ1n) is 5.18. The van der Waals surface area contributed by atoms with Gasteiger partial charge < -0.3 is 4.90 Å². The van der Waals surface area contributed by atoms with Gasteiger partial charge in [-0.1, -0.05) is 0 Å². The molecule has 1 rings (SSSR count). The van der Waals surface area contributed by atoms with Crippen LogP contribution in [0.3, 0.4) is 0 Å². The molecular formula is C9H18FNO3S. The molecule has 1 fully saturated rings. The highest BCUT2D eigenvalue weighted by Gasteiger charge is 2.17. The Bertz CT molecular complexity index is 273. The summed E-state index contributed by atoms with van der Waals surface area (Å²) in [4.78, 5) is 2.14. The molecule has 4 nitrogen and oxygen atoms in total. The zero-order valence-electron chi connectivity index (χ0n) is 8.99. The summed E-state index contributed by atoms with van der Waals surface area (Å²) in [7, 11) is -3.31. The van der Waals surface area contributed by atoms with E-state index in [4.69, 9.17) is 0 Å². The van der Waals surface area contributed by atoms with Gasteiger partial charge in [0, 0.05) is 19.6 Å². The van der Waals surface area contributed by atoms with Crippen LogP contribution >= 0.6 is 0 Å². The summed E-state index contributed by atoms with van der Waals surface area (Å²) in [5, 5.41) is 0. The summed E-state index contributed by atoms with van der Waals surface area (Å²) in [6, 6.07) is 0. The maximum Gasteiger partial charge on any atom is 0.264 e. The predicted octanol–water partition coefficient (Wildman–Crippen LogP) is 0.787. The van der Waals surface area contributed by atoms with Crippen LogP contribution in [0, 0.1) is 0 Å². The molecule has 0 aromatic heterocycles. The van der Waals surface area contributed by atoms with E-state index in [1.807, 2.05) is 0 Å². The van der Waals surface area contributed by atoms with Gasteiger partial charge in [-0.15, -0.1) is 0 Å². The van der Waals surface area contributed by atoms with Gasteiger partial charge in [0.2, 0.25) is 0 Å². The first-order valence-corrected chi connectivity index (χ1v) is 7.00. The van der Waals surface area contributed by atoms with E-state index in [2.05, 4.69) is 9.08 Å². The molecule has 1 aliphatic heterocycles. The number of hydrogen-bond donors (Lipinski definition) is 0. The lowest BCUT2D eigenvalue weighted by Crippen LogP contribution is -2.35. The SMILES string of the molecule is CS(=O)(=O)OCCCN1CCC(F)CC1. The van der Waals surface area contributed by atoms with Crippen molar-refractivity contribution in [3.05, 3.63) is 0 Å². The third kappa shape index (κ3) is 6.06. The maximum atomic E-state index is 12.8. The van der Waals surface area contributed by atoms with Gasteiger partial charge >= 0.3 is 0 Å². The minimum Gasteiger partial charge on any atom is -0.303 e. The molecule has 0 radical (unpaired) electrons. The van der Waals surface area contributed by atoms with E-state index in [0.29, 0.717) is 19.3 Å². The van der Waals surface area contributed by atoms with Crippen molar-refractivity contribution in [3.63, 3.8) is 0 Å². The van der Waals surface area contributed by atoms with Gasteiger partial charge in [0.15, 0.2) is 0 Å². The van der Waals surface area contributed by atoms with E-state index in [1.54, 1.807) is 0 Å². The topological polar surface area (TPSA) is 46.6 Å². The number of piperidine rings is 1. The second kappa shape index (κ2) is 5.77. The fraction of sp³-hybridized carbons (Fsp3) is 1.00. The summed E-state index contributed by atoms with van der Waals surface area (Å²) in [6.07, 6.45) is 2.24. The third-order valence-electron chi connectivity index (χ3n) is 2.43. The fourth-order valence-corrected chi connectivity index (χ4v) is 2.04. The van der Waals surface area contributed by atoms with Gasteiger partial charge in [-0.05, 0) is 19.3 Å². The highest BCUT2D eigenvalue weighted by Crippen LogP contribution is 2.13. The Morgan fingerprint density at radius 3 is 2.53 bits per heavy atom. The minimum absolute atomic E-state index is 0.217. The van der Waals surface area contributed by atoms with Crippen molar-refractivity contribution in [2.75, 3.05) is 32.5 Å². The number of halogens is 1. The number of likely N-dealkylation sites (tertiary alicyclic amines) is 1. The standard InChI is InChI=1S/C9H18FNO3S/c1-15(12,13)14-8-2-5-11-6-3-9(10)4-7-11/h9H,2-8H2,1H3. The molecule has 90 valence electrons. The Labute approximate surface area is 90.5 Å². The molecule has 1 saturated heterocycles. The van der Waals surface area contributed by atoms with Gasteiger partial charge in [-0.25, -0.2) is 4.39 Å². The molecule has 0 aliphatic carbocycles. The molecule has 1 heterocycles. The molecule has 0 spiro atoms. The van der Waals surface area contributed by atoms with Crippen LogP contribution in [0.1, 0.15) is 19.3 Å². The number of alkyl halides is 1. The predicted molar refractivity (Wildman–Crippen MR) is 56.0 cm³/mol. The van der Waals surface area contributed by atoms with E-state index < -0.39 is 16.3 Å². The lowest BCUT2D eigenvalue weighted by Gasteiger charge is -2.28. The van der Waals surface area contributed by atoms with E-state index >= 15 is 0 Å². The smallest absolute Gasteiger partial charge is 0.264 e. The van der Waals surface area contributed by atoms with Gasteiger partial charge in [-0.3, -0.25) is 4.18 Å². The Kier molecular flexibility index (Phi) is 4.95. The van der Waals surface area contributed by atoms with Crippen LogP contribution in [0.15, 0.2) is 0 Å². The Morgan fingerprint density at radius 2 is 2.00 bits per heavy atom. The summed E-state index contributed by atoms with van der Waals surface area (Å²) < 4.78 is 38.7. The van der Waals surface area contributed by atoms with Crippen molar-refractivity contribution < 1.29 is 17.0 Å². The summed E-state index contributed by atoms with van der Waals surface area (Å²) in [5.41, 5.74) is 0. The second-order valence-corrected chi connectivity index (χ2v) is 5.54. The maximum absolute atomic E-state index is 12.8. The van der Waals surface area contributed by atoms with Crippen molar-refractivity contribution in [2.24, 2.45) is 0 Å². The fourth-order valence-electron chi connectivity index (χ4n) is 1.62. The lowest BCUT2D eigenvalue weighted by molar-refractivity contribution is 0.144. The first-order chi connectivity index (χ1) is 6.97. The van der Waals surface area contributed by atoms with Crippen LogP contribution in [-0.2, 0) is 14.3 Å². The van der Waals surface area contributed by atoms with Crippen LogP contribution in [-0.4, -0.2) is 52.0 Å². The summed E-state index contributed by atoms with van der Waals surface area (Å²) in [5.74, 6) is 0. The molecular weight excluding hydrogens is 221 g/mol. The van der Waals surface area contributed by atoms with Gasteiger partial charge in [-0.2, -0.15) is 8.42 Å². The van der Waals surface area contributed by atoms with Crippen LogP contribution in [0.25, 0.3) is 0 Å². The van der Waals surface area contributed by atoms with Crippen molar-refractivity contribution in [1.82, 2.24) is 4.90 Å². The molecule has 0 bridgehead atoms. The number of hydrogen-bond acceptors (Lipinski definition) is 4. The van der Waals surface area contributed by atoms with Crippen molar-refractivity contribution >= 4 is 10.1 Å². The van der Waals surface area contributed by atoms with Crippen molar-refractivity contribution in [3.8, 4) is 0 Å². The Balaban J connectivity index is 2.06. The molecule has 15 heavy (non-hydrogen) atoms. The average molecular weight is 239 g/mol. The zero-order chi connectivity index (χ0) is 11.3. The highest BCUT2D eigenvalue weighted by atomic mass is 32.2.